The smallest absolute Gasteiger partial charge is 0.166 e. The van der Waals surface area contributed by atoms with Crippen LogP contribution in [-0.2, 0) is 6.42 Å². The van der Waals surface area contributed by atoms with Crippen molar-refractivity contribution >= 4 is 0 Å². The third kappa shape index (κ3) is 8.98. The maximum Gasteiger partial charge on any atom is 0.166 e. The molecule has 0 heterocycles. The minimum Gasteiger partial charge on any atom is -0.203 e. The number of hydrogen-bond donors (Lipinski definition) is 0. The van der Waals surface area contributed by atoms with E-state index >= 15 is 13.2 Å². The van der Waals surface area contributed by atoms with Crippen LogP contribution in [0.4, 0.5) is 17.6 Å². The van der Waals surface area contributed by atoms with Crippen LogP contribution in [0.5, 0.6) is 0 Å². The van der Waals surface area contributed by atoms with Gasteiger partial charge in [0, 0.05) is 11.1 Å². The molecule has 47 heavy (non-hydrogen) atoms. The minimum absolute atomic E-state index is 0.0488. The van der Waals surface area contributed by atoms with E-state index in [0.29, 0.717) is 34.6 Å². The lowest BCUT2D eigenvalue weighted by Gasteiger charge is -2.38. The Morgan fingerprint density at radius 3 is 1.72 bits per heavy atom. The zero-order valence-electron chi connectivity index (χ0n) is 28.5. The molecule has 0 bridgehead atoms. The predicted molar refractivity (Wildman–Crippen MR) is 188 cm³/mol. The van der Waals surface area contributed by atoms with Crippen molar-refractivity contribution in [1.82, 2.24) is 0 Å². The number of halogens is 4. The van der Waals surface area contributed by atoms with Crippen LogP contribution < -0.4 is 0 Å². The second-order valence-electron chi connectivity index (χ2n) is 14.4. The van der Waals surface area contributed by atoms with Gasteiger partial charge in [0.1, 0.15) is 0 Å². The molecule has 2 fully saturated rings. The highest BCUT2D eigenvalue weighted by Crippen LogP contribution is 2.45. The molecule has 0 aliphatic heterocycles. The van der Waals surface area contributed by atoms with E-state index in [1.54, 1.807) is 48.5 Å². The molecule has 0 amide bonds. The van der Waals surface area contributed by atoms with Gasteiger partial charge in [-0.1, -0.05) is 113 Å². The molecule has 0 saturated heterocycles. The molecule has 0 unspecified atom stereocenters. The number of aryl methyl sites for hydroxylation is 1. The largest absolute Gasteiger partial charge is 0.203 e. The van der Waals surface area contributed by atoms with Gasteiger partial charge in [0.25, 0.3) is 0 Å². The van der Waals surface area contributed by atoms with Crippen LogP contribution in [-0.4, -0.2) is 0 Å². The van der Waals surface area contributed by atoms with Crippen LogP contribution in [0.3, 0.4) is 0 Å². The van der Waals surface area contributed by atoms with Crippen LogP contribution in [0, 0.1) is 41.0 Å². The Balaban J connectivity index is 1.17. The summed E-state index contributed by atoms with van der Waals surface area (Å²) in [5.41, 5.74) is 2.29. The standard InChI is InChI=1S/C43H54F4/c1-3-5-7-8-9-10-11-13-36-26-27-37(41(45)40(36)44)34-22-24-35(25-23-34)39-29-28-38(42(46)43(39)47)33-20-18-32(19-21-33)31-16-14-30(15-17-31)12-6-4-2/h4,22-33H,2-3,5-21H2,1H3. The molecule has 0 atom stereocenters. The molecule has 0 radical (unpaired) electrons. The highest BCUT2D eigenvalue weighted by Gasteiger charge is 2.32. The van der Waals surface area contributed by atoms with Gasteiger partial charge in [0.15, 0.2) is 23.3 Å². The van der Waals surface area contributed by atoms with Gasteiger partial charge in [-0.3, -0.25) is 0 Å². The van der Waals surface area contributed by atoms with Crippen molar-refractivity contribution in [3.05, 3.63) is 95.6 Å². The van der Waals surface area contributed by atoms with Crippen LogP contribution in [0.15, 0.2) is 61.2 Å². The second kappa shape index (κ2) is 17.5. The van der Waals surface area contributed by atoms with E-state index in [9.17, 15) is 4.39 Å². The topological polar surface area (TPSA) is 0 Å². The second-order valence-corrected chi connectivity index (χ2v) is 14.4. The first-order valence-electron chi connectivity index (χ1n) is 18.6. The lowest BCUT2D eigenvalue weighted by molar-refractivity contribution is 0.156. The zero-order chi connectivity index (χ0) is 33.2. The number of rotatable bonds is 15. The number of hydrogen-bond acceptors (Lipinski definition) is 0. The maximum atomic E-state index is 15.5. The molecule has 4 heteroatoms. The maximum absolute atomic E-state index is 15.5. The Morgan fingerprint density at radius 2 is 1.13 bits per heavy atom. The number of unbranched alkanes of at least 4 members (excludes halogenated alkanes) is 6. The van der Waals surface area contributed by atoms with Gasteiger partial charge in [0.05, 0.1) is 0 Å². The van der Waals surface area contributed by atoms with E-state index in [0.717, 1.165) is 63.2 Å². The predicted octanol–water partition coefficient (Wildman–Crippen LogP) is 13.9. The molecule has 3 aromatic rings. The van der Waals surface area contributed by atoms with Crippen LogP contribution in [0.1, 0.15) is 133 Å². The van der Waals surface area contributed by atoms with Crippen LogP contribution in [0.25, 0.3) is 22.3 Å². The van der Waals surface area contributed by atoms with Gasteiger partial charge in [-0.2, -0.15) is 0 Å². The molecule has 2 aliphatic carbocycles. The molecule has 5 rings (SSSR count). The summed E-state index contributed by atoms with van der Waals surface area (Å²) in [5, 5.41) is 0. The monoisotopic (exact) mass is 646 g/mol. The molecule has 254 valence electrons. The van der Waals surface area contributed by atoms with Crippen LogP contribution in [0.2, 0.25) is 0 Å². The summed E-state index contributed by atoms with van der Waals surface area (Å²) in [7, 11) is 0. The summed E-state index contributed by atoms with van der Waals surface area (Å²) < 4.78 is 61.1. The summed E-state index contributed by atoms with van der Waals surface area (Å²) in [4.78, 5) is 0. The summed E-state index contributed by atoms with van der Waals surface area (Å²) in [6, 6.07) is 13.4. The lowest BCUT2D eigenvalue weighted by Crippen LogP contribution is -2.25. The molecule has 2 saturated carbocycles. The first-order valence-corrected chi connectivity index (χ1v) is 18.6. The first kappa shape index (κ1) is 35.4. The van der Waals surface area contributed by atoms with E-state index in [1.165, 1.54) is 57.8 Å². The molecule has 2 aliphatic rings. The van der Waals surface area contributed by atoms with Crippen molar-refractivity contribution in [2.24, 2.45) is 17.8 Å². The van der Waals surface area contributed by atoms with Gasteiger partial charge < -0.3 is 0 Å². The fourth-order valence-corrected chi connectivity index (χ4v) is 8.41. The SMILES string of the molecule is C=CCCC1CCC(C2CCC(c3ccc(-c4ccc(-c5ccc(CCCCCCCCC)c(F)c5F)cc4)c(F)c3F)CC2)CC1. The van der Waals surface area contributed by atoms with Crippen molar-refractivity contribution in [2.75, 3.05) is 0 Å². The Kier molecular flexibility index (Phi) is 13.2. The summed E-state index contributed by atoms with van der Waals surface area (Å²) in [5.74, 6) is -0.852. The molecule has 0 spiro atoms. The average Bonchev–Trinajstić information content (AvgIpc) is 3.10. The number of benzene rings is 3. The quantitative estimate of drug-likeness (QED) is 0.0876. The summed E-state index contributed by atoms with van der Waals surface area (Å²) in [6.07, 6.45) is 22.1. The Hall–Kier alpha value is -2.88. The van der Waals surface area contributed by atoms with Crippen molar-refractivity contribution in [3.8, 4) is 22.3 Å². The minimum atomic E-state index is -0.856. The Labute approximate surface area is 281 Å². The molecular weight excluding hydrogens is 592 g/mol. The molecule has 3 aromatic carbocycles. The van der Waals surface area contributed by atoms with Crippen molar-refractivity contribution in [1.29, 1.82) is 0 Å². The van der Waals surface area contributed by atoms with E-state index in [-0.39, 0.29) is 17.0 Å². The fourth-order valence-electron chi connectivity index (χ4n) is 8.41. The lowest BCUT2D eigenvalue weighted by atomic mass is 9.68. The van der Waals surface area contributed by atoms with Crippen molar-refractivity contribution in [2.45, 2.75) is 128 Å². The van der Waals surface area contributed by atoms with Crippen molar-refractivity contribution < 1.29 is 17.6 Å². The van der Waals surface area contributed by atoms with Gasteiger partial charge in [-0.25, -0.2) is 17.6 Å². The van der Waals surface area contributed by atoms with E-state index in [2.05, 4.69) is 13.5 Å². The highest BCUT2D eigenvalue weighted by molar-refractivity contribution is 5.71. The van der Waals surface area contributed by atoms with Gasteiger partial charge in [-0.05, 0) is 110 Å². The normalized spacial score (nSPS) is 21.6. The van der Waals surface area contributed by atoms with Crippen molar-refractivity contribution in [3.63, 3.8) is 0 Å². The van der Waals surface area contributed by atoms with Crippen LogP contribution >= 0.6 is 0 Å². The van der Waals surface area contributed by atoms with Gasteiger partial charge >= 0.3 is 0 Å². The highest BCUT2D eigenvalue weighted by atomic mass is 19.2. The first-order chi connectivity index (χ1) is 22.9. The Bertz CT molecular complexity index is 1430. The Morgan fingerprint density at radius 1 is 0.596 bits per heavy atom. The molecular formula is C43H54F4. The third-order valence-corrected chi connectivity index (χ3v) is 11.4. The van der Waals surface area contributed by atoms with E-state index < -0.39 is 23.3 Å². The average molecular weight is 647 g/mol. The zero-order valence-corrected chi connectivity index (χ0v) is 28.5. The van der Waals surface area contributed by atoms with Gasteiger partial charge in [0.2, 0.25) is 0 Å². The van der Waals surface area contributed by atoms with E-state index in [1.807, 2.05) is 6.08 Å². The summed E-state index contributed by atoms with van der Waals surface area (Å²) in [6.45, 7) is 6.05. The number of allylic oxidation sites excluding steroid dienone is 1. The van der Waals surface area contributed by atoms with Gasteiger partial charge in [-0.15, -0.1) is 6.58 Å². The molecule has 0 nitrogen and oxygen atoms in total. The molecule has 0 aromatic heterocycles. The fraction of sp³-hybridized carbons (Fsp3) is 0.535. The summed E-state index contributed by atoms with van der Waals surface area (Å²) >= 11 is 0. The third-order valence-electron chi connectivity index (χ3n) is 11.4. The van der Waals surface area contributed by atoms with E-state index in [4.69, 9.17) is 0 Å². The molecule has 0 N–H and O–H groups in total.